The number of nitrogens with one attached hydrogen (secondary N) is 2. The average molecular weight is 307 g/mol. The molecule has 1 aromatic heterocycles. The highest BCUT2D eigenvalue weighted by molar-refractivity contribution is 5.74. The highest BCUT2D eigenvalue weighted by Crippen LogP contribution is 2.22. The van der Waals surface area contributed by atoms with Gasteiger partial charge in [0.05, 0.1) is 12.2 Å². The number of hydrogen-bond donors (Lipinski definition) is 2. The molecule has 0 radical (unpaired) electrons. The van der Waals surface area contributed by atoms with E-state index in [2.05, 4.69) is 15.6 Å². The summed E-state index contributed by atoms with van der Waals surface area (Å²) in [5.74, 6) is 0. The summed E-state index contributed by atoms with van der Waals surface area (Å²) in [6.45, 7) is 2.36. The largest absolute Gasteiger partial charge is 0.374 e. The normalized spacial score (nSPS) is 12.0. The Morgan fingerprint density at radius 2 is 1.65 bits per heavy atom. The molecule has 0 aliphatic heterocycles. The number of anilines is 2. The molecular formula is C18H17N3O2. The van der Waals surface area contributed by atoms with E-state index in [0.29, 0.717) is 17.9 Å². The Hall–Kier alpha value is -2.95. The standard InChI is InChI=1S/C18H17N3O2/c1-12(13-7-3-2-4-8-13)21-16-15(17(22)18(16)23)20-11-14-9-5-6-10-19-14/h2-10,12,20-21H,11H2,1H3/t12-/m0/s1. The van der Waals surface area contributed by atoms with E-state index in [1.54, 1.807) is 6.20 Å². The Bertz CT molecular complexity index is 853. The summed E-state index contributed by atoms with van der Waals surface area (Å²) in [6.07, 6.45) is 1.69. The van der Waals surface area contributed by atoms with Crippen molar-refractivity contribution in [2.75, 3.05) is 10.6 Å². The molecule has 5 nitrogen and oxygen atoms in total. The highest BCUT2D eigenvalue weighted by Gasteiger charge is 2.22. The van der Waals surface area contributed by atoms with Gasteiger partial charge in [0.15, 0.2) is 0 Å². The van der Waals surface area contributed by atoms with Crippen molar-refractivity contribution in [1.82, 2.24) is 4.98 Å². The molecule has 2 N–H and O–H groups in total. The lowest BCUT2D eigenvalue weighted by Gasteiger charge is -2.19. The van der Waals surface area contributed by atoms with Crippen LogP contribution in [-0.2, 0) is 6.54 Å². The van der Waals surface area contributed by atoms with Crippen LogP contribution >= 0.6 is 0 Å². The van der Waals surface area contributed by atoms with Gasteiger partial charge in [-0.2, -0.15) is 0 Å². The smallest absolute Gasteiger partial charge is 0.253 e. The number of aromatic nitrogens is 1. The molecule has 3 rings (SSSR count). The maximum atomic E-state index is 11.8. The summed E-state index contributed by atoms with van der Waals surface area (Å²) < 4.78 is 0. The summed E-state index contributed by atoms with van der Waals surface area (Å²) in [6, 6.07) is 15.3. The molecule has 3 aromatic rings. The van der Waals surface area contributed by atoms with E-state index < -0.39 is 10.9 Å². The topological polar surface area (TPSA) is 71.1 Å². The van der Waals surface area contributed by atoms with Crippen LogP contribution in [0.3, 0.4) is 0 Å². The summed E-state index contributed by atoms with van der Waals surface area (Å²) in [5, 5.41) is 6.13. The van der Waals surface area contributed by atoms with Crippen LogP contribution in [-0.4, -0.2) is 4.98 Å². The summed E-state index contributed by atoms with van der Waals surface area (Å²) in [7, 11) is 0. The molecule has 0 saturated carbocycles. The van der Waals surface area contributed by atoms with Gasteiger partial charge in [0.25, 0.3) is 10.9 Å². The average Bonchev–Trinajstić information content (AvgIpc) is 2.62. The lowest BCUT2D eigenvalue weighted by molar-refractivity contribution is 0.878. The van der Waals surface area contributed by atoms with Crippen LogP contribution < -0.4 is 21.5 Å². The minimum absolute atomic E-state index is 0.0603. The van der Waals surface area contributed by atoms with Crippen LogP contribution in [0.4, 0.5) is 11.4 Å². The van der Waals surface area contributed by atoms with Gasteiger partial charge in [-0.25, -0.2) is 0 Å². The van der Waals surface area contributed by atoms with Gasteiger partial charge >= 0.3 is 0 Å². The fourth-order valence-electron chi connectivity index (χ4n) is 2.42. The molecule has 0 aliphatic carbocycles. The first-order chi connectivity index (χ1) is 11.2. The fourth-order valence-corrected chi connectivity index (χ4v) is 2.42. The molecular weight excluding hydrogens is 290 g/mol. The minimum atomic E-state index is -0.483. The summed E-state index contributed by atoms with van der Waals surface area (Å²) >= 11 is 0. The first kappa shape index (κ1) is 15.0. The van der Waals surface area contributed by atoms with Crippen molar-refractivity contribution in [3.63, 3.8) is 0 Å². The Kier molecular flexibility index (Phi) is 4.19. The van der Waals surface area contributed by atoms with Gasteiger partial charge in [0.2, 0.25) is 0 Å². The predicted octanol–water partition coefficient (Wildman–Crippen LogP) is 2.46. The van der Waals surface area contributed by atoms with Crippen LogP contribution in [0.5, 0.6) is 0 Å². The van der Waals surface area contributed by atoms with Crippen LogP contribution in [0.2, 0.25) is 0 Å². The van der Waals surface area contributed by atoms with Gasteiger partial charge in [-0.15, -0.1) is 0 Å². The zero-order valence-electron chi connectivity index (χ0n) is 12.7. The van der Waals surface area contributed by atoms with E-state index in [9.17, 15) is 9.59 Å². The van der Waals surface area contributed by atoms with Gasteiger partial charge in [-0.1, -0.05) is 36.4 Å². The van der Waals surface area contributed by atoms with Crippen molar-refractivity contribution in [1.29, 1.82) is 0 Å². The predicted molar refractivity (Wildman–Crippen MR) is 91.4 cm³/mol. The highest BCUT2D eigenvalue weighted by atomic mass is 16.2. The molecule has 0 bridgehead atoms. The first-order valence-electron chi connectivity index (χ1n) is 7.45. The Morgan fingerprint density at radius 3 is 2.35 bits per heavy atom. The summed E-state index contributed by atoms with van der Waals surface area (Å²) in [4.78, 5) is 27.8. The quantitative estimate of drug-likeness (QED) is 0.685. The SMILES string of the molecule is C[C@H](Nc1c(NCc2ccccn2)c(=O)c1=O)c1ccccc1. The van der Waals surface area contributed by atoms with E-state index in [1.165, 1.54) is 0 Å². The Morgan fingerprint density at radius 1 is 0.957 bits per heavy atom. The number of pyridine rings is 1. The van der Waals surface area contributed by atoms with Gasteiger partial charge in [0.1, 0.15) is 11.4 Å². The third-order valence-corrected chi connectivity index (χ3v) is 3.74. The van der Waals surface area contributed by atoms with Gasteiger partial charge in [-0.05, 0) is 24.6 Å². The second-order valence-electron chi connectivity index (χ2n) is 5.36. The van der Waals surface area contributed by atoms with E-state index in [4.69, 9.17) is 0 Å². The van der Waals surface area contributed by atoms with Gasteiger partial charge in [-0.3, -0.25) is 14.6 Å². The molecule has 2 aromatic carbocycles. The van der Waals surface area contributed by atoms with Crippen LogP contribution in [0.1, 0.15) is 24.2 Å². The molecule has 0 amide bonds. The summed E-state index contributed by atoms with van der Waals surface area (Å²) in [5.41, 5.74) is 1.59. The van der Waals surface area contributed by atoms with Crippen molar-refractivity contribution in [3.05, 3.63) is 86.4 Å². The molecule has 23 heavy (non-hydrogen) atoms. The molecule has 5 heteroatoms. The molecule has 116 valence electrons. The molecule has 1 atom stereocenters. The van der Waals surface area contributed by atoms with Crippen LogP contribution in [0.25, 0.3) is 0 Å². The third kappa shape index (κ3) is 3.13. The zero-order valence-corrected chi connectivity index (χ0v) is 12.7. The van der Waals surface area contributed by atoms with E-state index in [0.717, 1.165) is 11.3 Å². The molecule has 0 saturated heterocycles. The monoisotopic (exact) mass is 307 g/mol. The molecule has 0 spiro atoms. The Labute approximate surface area is 133 Å². The number of nitrogens with zero attached hydrogens (tertiary/aromatic N) is 1. The Balaban J connectivity index is 1.73. The number of benzene rings is 1. The maximum Gasteiger partial charge on any atom is 0.253 e. The second kappa shape index (κ2) is 6.44. The van der Waals surface area contributed by atoms with Gasteiger partial charge < -0.3 is 10.6 Å². The molecule has 1 heterocycles. The van der Waals surface area contributed by atoms with Crippen molar-refractivity contribution in [3.8, 4) is 0 Å². The molecule has 0 fully saturated rings. The van der Waals surface area contributed by atoms with Crippen molar-refractivity contribution >= 4 is 11.4 Å². The first-order valence-corrected chi connectivity index (χ1v) is 7.45. The van der Waals surface area contributed by atoms with E-state index in [1.807, 2.05) is 55.5 Å². The van der Waals surface area contributed by atoms with Crippen molar-refractivity contribution in [2.24, 2.45) is 0 Å². The van der Waals surface area contributed by atoms with Crippen molar-refractivity contribution < 1.29 is 0 Å². The second-order valence-corrected chi connectivity index (χ2v) is 5.36. The zero-order chi connectivity index (χ0) is 16.2. The lowest BCUT2D eigenvalue weighted by atomic mass is 10.1. The molecule has 0 aliphatic rings. The minimum Gasteiger partial charge on any atom is -0.374 e. The van der Waals surface area contributed by atoms with Gasteiger partial charge in [0, 0.05) is 12.2 Å². The van der Waals surface area contributed by atoms with E-state index in [-0.39, 0.29) is 6.04 Å². The fraction of sp³-hybridized carbons (Fsp3) is 0.167. The number of hydrogen-bond acceptors (Lipinski definition) is 5. The number of rotatable bonds is 6. The lowest BCUT2D eigenvalue weighted by Crippen LogP contribution is -2.37. The molecule has 0 unspecified atom stereocenters. The van der Waals surface area contributed by atoms with Crippen molar-refractivity contribution in [2.45, 2.75) is 19.5 Å². The maximum absolute atomic E-state index is 11.8. The van der Waals surface area contributed by atoms with Crippen LogP contribution in [0, 0.1) is 0 Å². The van der Waals surface area contributed by atoms with Crippen LogP contribution in [0.15, 0.2) is 64.3 Å². The van der Waals surface area contributed by atoms with E-state index >= 15 is 0 Å². The third-order valence-electron chi connectivity index (χ3n) is 3.74.